The van der Waals surface area contributed by atoms with E-state index in [1.54, 1.807) is 6.07 Å². The lowest BCUT2D eigenvalue weighted by Crippen LogP contribution is -2.04. The number of nitrogens with zero attached hydrogens (tertiary/aromatic N) is 2. The lowest BCUT2D eigenvalue weighted by atomic mass is 10.1. The Kier molecular flexibility index (Phi) is 2.05. The van der Waals surface area contributed by atoms with E-state index < -0.39 is 14.1 Å². The number of rotatable bonds is 4. The van der Waals surface area contributed by atoms with Gasteiger partial charge in [0.15, 0.2) is 11.5 Å². The molecular weight excluding hydrogens is 244 g/mol. The van der Waals surface area contributed by atoms with Crippen LogP contribution in [0.15, 0.2) is 24.4 Å². The van der Waals surface area contributed by atoms with E-state index in [4.69, 9.17) is 29.2 Å². The molecule has 0 aliphatic rings. The summed E-state index contributed by atoms with van der Waals surface area (Å²) in [6.07, 6.45) is 1.71. The fourth-order valence-corrected chi connectivity index (χ4v) is 1.62. The summed E-state index contributed by atoms with van der Waals surface area (Å²) >= 11 is 0. The molecule has 0 spiro atoms. The molecule has 1 heterocycles. The zero-order valence-electron chi connectivity index (χ0n) is 15.9. The van der Waals surface area contributed by atoms with Gasteiger partial charge in [0.05, 0.1) is 22.3 Å². The first-order valence-electron chi connectivity index (χ1n) is 8.31. The molecule has 6 nitrogen and oxygen atoms in total. The predicted octanol–water partition coefficient (Wildman–Crippen LogP) is 1.25. The van der Waals surface area contributed by atoms with Gasteiger partial charge in [0.2, 0.25) is 5.95 Å². The first-order chi connectivity index (χ1) is 11.4. The van der Waals surface area contributed by atoms with Crippen molar-refractivity contribution in [1.82, 2.24) is 9.97 Å². The molecule has 2 rings (SSSR count). The number of nitrogen functional groups attached to an aromatic ring is 2. The molecule has 0 bridgehead atoms. The quantitative estimate of drug-likeness (QED) is 0.864. The van der Waals surface area contributed by atoms with Crippen LogP contribution >= 0.6 is 0 Å². The molecule has 0 aliphatic carbocycles. The Bertz CT molecular complexity index is 763. The minimum atomic E-state index is -2.77. The average molecular weight is 266 g/mol. The molecule has 19 heavy (non-hydrogen) atoms. The average Bonchev–Trinajstić information content (AvgIpc) is 2.42. The van der Waals surface area contributed by atoms with Gasteiger partial charge < -0.3 is 20.9 Å². The van der Waals surface area contributed by atoms with Crippen molar-refractivity contribution in [3.05, 3.63) is 35.5 Å². The highest BCUT2D eigenvalue weighted by atomic mass is 16.5. The Labute approximate surface area is 119 Å². The molecule has 6 heteroatoms. The Morgan fingerprint density at radius 1 is 1.21 bits per heavy atom. The van der Waals surface area contributed by atoms with Crippen LogP contribution in [0.1, 0.15) is 19.4 Å². The van der Waals surface area contributed by atoms with E-state index in [-0.39, 0.29) is 29.7 Å². The normalized spacial score (nSPS) is 16.2. The van der Waals surface area contributed by atoms with Crippen molar-refractivity contribution in [2.75, 3.05) is 25.5 Å². The third-order valence-electron chi connectivity index (χ3n) is 2.54. The number of nitrogens with two attached hydrogens (primary N) is 2. The van der Waals surface area contributed by atoms with Gasteiger partial charge in [0, 0.05) is 18.2 Å². The van der Waals surface area contributed by atoms with Crippen LogP contribution in [-0.4, -0.2) is 24.0 Å². The largest absolute Gasteiger partial charge is 0.493 e. The molecule has 0 saturated heterocycles. The second-order valence-corrected chi connectivity index (χ2v) is 3.80. The zero-order chi connectivity index (χ0) is 18.8. The highest BCUT2D eigenvalue weighted by molar-refractivity contribution is 5.47. The van der Waals surface area contributed by atoms with Crippen molar-refractivity contribution in [2.24, 2.45) is 0 Å². The fourth-order valence-electron chi connectivity index (χ4n) is 1.62. The van der Waals surface area contributed by atoms with Crippen molar-refractivity contribution in [3.63, 3.8) is 0 Å². The summed E-state index contributed by atoms with van der Waals surface area (Å²) in [5.41, 5.74) is 12.4. The van der Waals surface area contributed by atoms with Crippen LogP contribution in [-0.2, 0) is 6.42 Å². The van der Waals surface area contributed by atoms with Crippen molar-refractivity contribution in [3.8, 4) is 11.5 Å². The summed E-state index contributed by atoms with van der Waals surface area (Å²) in [6.45, 7) is 0. The van der Waals surface area contributed by atoms with Gasteiger partial charge in [-0.05, 0) is 17.7 Å². The predicted molar refractivity (Wildman–Crippen MR) is 73.2 cm³/mol. The number of aromatic nitrogens is 2. The van der Waals surface area contributed by atoms with Gasteiger partial charge in [-0.2, -0.15) is 4.98 Å². The molecule has 2 aromatic rings. The Hall–Kier alpha value is -2.50. The molecule has 0 radical (unpaired) electrons. The van der Waals surface area contributed by atoms with Crippen LogP contribution in [0.2, 0.25) is 0 Å². The van der Waals surface area contributed by atoms with Gasteiger partial charge in [-0.25, -0.2) is 4.98 Å². The molecule has 1 aromatic heterocycles. The SMILES string of the molecule is [2H]C([2H])([2H])Oc1ccc(Cc2cnc(N)nc2N)cc1OC([2H])([2H])[2H]. The van der Waals surface area contributed by atoms with Gasteiger partial charge in [-0.3, -0.25) is 0 Å². The molecule has 0 saturated carbocycles. The monoisotopic (exact) mass is 266 g/mol. The van der Waals surface area contributed by atoms with Crippen LogP contribution in [0.3, 0.4) is 0 Å². The molecule has 0 fully saturated rings. The van der Waals surface area contributed by atoms with Gasteiger partial charge in [0.1, 0.15) is 5.82 Å². The first kappa shape index (κ1) is 7.18. The van der Waals surface area contributed by atoms with Crippen LogP contribution in [0.4, 0.5) is 11.8 Å². The van der Waals surface area contributed by atoms with Gasteiger partial charge in [-0.15, -0.1) is 0 Å². The molecule has 0 atom stereocenters. The Morgan fingerprint density at radius 3 is 2.74 bits per heavy atom. The van der Waals surface area contributed by atoms with Crippen LogP contribution in [0.25, 0.3) is 0 Å². The number of methoxy groups -OCH3 is 2. The minimum absolute atomic E-state index is 0.0362. The topological polar surface area (TPSA) is 96.3 Å². The van der Waals surface area contributed by atoms with E-state index in [2.05, 4.69) is 9.97 Å². The number of ether oxygens (including phenoxy) is 2. The molecule has 0 unspecified atom stereocenters. The summed E-state index contributed by atoms with van der Waals surface area (Å²) in [5.74, 6) is -0.201. The number of hydrogen-bond acceptors (Lipinski definition) is 6. The van der Waals surface area contributed by atoms with E-state index in [0.717, 1.165) is 0 Å². The standard InChI is InChI=1S/C13H16N4O2/c1-18-10-4-3-8(6-11(10)19-2)5-9-7-16-13(15)17-12(9)14/h3-4,6-7H,5H2,1-2H3,(H4,14,15,16,17)/i1D3,2D3. The van der Waals surface area contributed by atoms with Crippen LogP contribution < -0.4 is 20.9 Å². The van der Waals surface area contributed by atoms with Gasteiger partial charge >= 0.3 is 0 Å². The highest BCUT2D eigenvalue weighted by Gasteiger charge is 2.08. The van der Waals surface area contributed by atoms with E-state index in [1.807, 2.05) is 0 Å². The number of anilines is 2. The third-order valence-corrected chi connectivity index (χ3v) is 2.54. The number of hydrogen-bond donors (Lipinski definition) is 2. The van der Waals surface area contributed by atoms with Crippen LogP contribution in [0.5, 0.6) is 11.5 Å². The van der Waals surface area contributed by atoms with E-state index >= 15 is 0 Å². The minimum Gasteiger partial charge on any atom is -0.493 e. The molecule has 100 valence electrons. The van der Waals surface area contributed by atoms with Gasteiger partial charge in [0.25, 0.3) is 0 Å². The molecule has 0 aliphatic heterocycles. The van der Waals surface area contributed by atoms with Crippen molar-refractivity contribution in [2.45, 2.75) is 6.42 Å². The zero-order valence-corrected chi connectivity index (χ0v) is 9.88. The summed E-state index contributed by atoms with van der Waals surface area (Å²) in [7, 11) is -5.52. The molecule has 4 N–H and O–H groups in total. The number of benzene rings is 1. The Morgan fingerprint density at radius 2 is 2.00 bits per heavy atom. The second kappa shape index (κ2) is 5.43. The molecule has 1 aromatic carbocycles. The van der Waals surface area contributed by atoms with Crippen molar-refractivity contribution < 1.29 is 17.7 Å². The summed E-state index contributed by atoms with van der Waals surface area (Å²) < 4.78 is 52.7. The molecular formula is C13H16N4O2. The lowest BCUT2D eigenvalue weighted by molar-refractivity contribution is 0.354. The first-order valence-corrected chi connectivity index (χ1v) is 5.31. The maximum Gasteiger partial charge on any atom is 0.221 e. The second-order valence-electron chi connectivity index (χ2n) is 3.80. The van der Waals surface area contributed by atoms with Crippen LogP contribution in [0, 0.1) is 0 Å². The maximum atomic E-state index is 7.21. The van der Waals surface area contributed by atoms with E-state index in [1.165, 1.54) is 18.3 Å². The summed E-state index contributed by atoms with van der Waals surface area (Å²) in [6, 6.07) is 4.24. The molecule has 0 amide bonds. The fraction of sp³-hybridized carbons (Fsp3) is 0.231. The summed E-state index contributed by atoms with van der Waals surface area (Å²) in [4.78, 5) is 7.69. The van der Waals surface area contributed by atoms with E-state index in [0.29, 0.717) is 11.1 Å². The summed E-state index contributed by atoms with van der Waals surface area (Å²) in [5, 5.41) is 0. The smallest absolute Gasteiger partial charge is 0.221 e. The third kappa shape index (κ3) is 2.85. The van der Waals surface area contributed by atoms with E-state index in [9.17, 15) is 0 Å². The van der Waals surface area contributed by atoms with Crippen molar-refractivity contribution in [1.29, 1.82) is 0 Å². The van der Waals surface area contributed by atoms with Gasteiger partial charge in [-0.1, -0.05) is 6.07 Å². The maximum absolute atomic E-state index is 7.21. The lowest BCUT2D eigenvalue weighted by Gasteiger charge is -2.10. The Balaban J connectivity index is 2.35. The van der Waals surface area contributed by atoms with Crippen molar-refractivity contribution >= 4 is 11.8 Å². The highest BCUT2D eigenvalue weighted by Crippen LogP contribution is 2.28.